The van der Waals surface area contributed by atoms with E-state index in [1.54, 1.807) is 25.8 Å². The number of benzene rings is 1. The van der Waals surface area contributed by atoms with Crippen LogP contribution in [-0.4, -0.2) is 81.9 Å². The zero-order chi connectivity index (χ0) is 27.1. The molecule has 0 amide bonds. The second-order valence-corrected chi connectivity index (χ2v) is 10.7. The molecule has 4 heterocycles. The molecule has 2 atom stereocenters. The Hall–Kier alpha value is -3.18. The number of hydrogen-bond donors (Lipinski definition) is 0. The van der Waals surface area contributed by atoms with Gasteiger partial charge in [-0.3, -0.25) is 19.0 Å². The minimum Gasteiger partial charge on any atom is -0.381 e. The molecule has 10 heteroatoms. The second kappa shape index (κ2) is 10.8. The highest BCUT2D eigenvalue weighted by Gasteiger charge is 2.34. The molecular formula is C29H36N6O4. The number of hydrogen-bond acceptors (Lipinski definition) is 8. The van der Waals surface area contributed by atoms with Crippen LogP contribution in [0.15, 0.2) is 41.3 Å². The zero-order valence-corrected chi connectivity index (χ0v) is 23.0. The first kappa shape index (κ1) is 26.1. The van der Waals surface area contributed by atoms with Gasteiger partial charge in [-0.15, -0.1) is 10.2 Å². The van der Waals surface area contributed by atoms with Gasteiger partial charge in [-0.05, 0) is 49.9 Å². The molecule has 2 aliphatic rings. The lowest BCUT2D eigenvalue weighted by atomic mass is 9.89. The van der Waals surface area contributed by atoms with E-state index >= 15 is 0 Å². The maximum atomic E-state index is 13.2. The number of pyridine rings is 1. The van der Waals surface area contributed by atoms with Crippen molar-refractivity contribution in [2.75, 3.05) is 40.5 Å². The van der Waals surface area contributed by atoms with Gasteiger partial charge in [-0.2, -0.15) is 0 Å². The summed E-state index contributed by atoms with van der Waals surface area (Å²) in [5, 5.41) is 9.71. The molecule has 1 aliphatic heterocycles. The molecule has 0 radical (unpaired) electrons. The highest BCUT2D eigenvalue weighted by atomic mass is 16.5. The van der Waals surface area contributed by atoms with Gasteiger partial charge in [0.2, 0.25) is 0 Å². The monoisotopic (exact) mass is 532 g/mol. The van der Waals surface area contributed by atoms with E-state index in [0.29, 0.717) is 18.4 Å². The van der Waals surface area contributed by atoms with Crippen LogP contribution in [0.3, 0.4) is 0 Å². The maximum Gasteiger partial charge on any atom is 0.330 e. The molecule has 0 spiro atoms. The fourth-order valence-corrected chi connectivity index (χ4v) is 5.81. The number of methoxy groups -OCH3 is 2. The Kier molecular flexibility index (Phi) is 7.20. The van der Waals surface area contributed by atoms with Crippen molar-refractivity contribution in [2.45, 2.75) is 50.5 Å². The van der Waals surface area contributed by atoms with Crippen molar-refractivity contribution in [2.24, 2.45) is 7.05 Å². The number of ether oxygens (including phenoxy) is 3. The lowest BCUT2D eigenvalue weighted by Crippen LogP contribution is -2.37. The van der Waals surface area contributed by atoms with E-state index < -0.39 is 0 Å². The summed E-state index contributed by atoms with van der Waals surface area (Å²) in [5.41, 5.74) is 5.02. The summed E-state index contributed by atoms with van der Waals surface area (Å²) in [6.07, 6.45) is 5.03. The SMILES string of the molecule is COC1CC(n2c(=O)n(C)c3nnc4ccc(-c5ccc([C@@H](C)OCCN6CC[C@@H](OC)C6)nc5)cc4c32)C1. The third-order valence-corrected chi connectivity index (χ3v) is 8.41. The van der Waals surface area contributed by atoms with E-state index in [2.05, 4.69) is 27.2 Å². The average Bonchev–Trinajstić information content (AvgIpc) is 3.50. The number of rotatable bonds is 9. The first-order valence-corrected chi connectivity index (χ1v) is 13.7. The average molecular weight is 533 g/mol. The number of nitrogens with zero attached hydrogens (tertiary/aromatic N) is 6. The van der Waals surface area contributed by atoms with Crippen LogP contribution in [0.5, 0.6) is 0 Å². The van der Waals surface area contributed by atoms with Crippen molar-refractivity contribution in [3.8, 4) is 11.1 Å². The molecule has 206 valence electrons. The summed E-state index contributed by atoms with van der Waals surface area (Å²) >= 11 is 0. The lowest BCUT2D eigenvalue weighted by molar-refractivity contribution is 0.00635. The van der Waals surface area contributed by atoms with Gasteiger partial charge in [-0.25, -0.2) is 4.79 Å². The smallest absolute Gasteiger partial charge is 0.330 e. The summed E-state index contributed by atoms with van der Waals surface area (Å²) in [6.45, 7) is 5.62. The molecule has 1 saturated heterocycles. The van der Waals surface area contributed by atoms with Crippen molar-refractivity contribution in [1.29, 1.82) is 0 Å². The fraction of sp³-hybridized carbons (Fsp3) is 0.517. The molecular weight excluding hydrogens is 496 g/mol. The molecule has 1 saturated carbocycles. The van der Waals surface area contributed by atoms with Crippen LogP contribution in [0, 0.1) is 0 Å². The van der Waals surface area contributed by atoms with Crippen molar-refractivity contribution in [3.63, 3.8) is 0 Å². The highest BCUT2D eigenvalue weighted by Crippen LogP contribution is 2.37. The standard InChI is InChI=1S/C29H36N6O4/c1-18(39-12-11-34-10-9-22(17-34)37-3)25-7-6-20(16-30-25)19-5-8-26-24(13-19)27-28(32-31-26)33(2)29(36)35(27)21-14-23(15-21)38-4/h5-8,13,16,18,21-23H,9-12,14-15,17H2,1-4H3/t18-,21?,22-,23?/m1/s1. The molecule has 0 bridgehead atoms. The molecule has 39 heavy (non-hydrogen) atoms. The van der Waals surface area contributed by atoms with Gasteiger partial charge in [0, 0.05) is 64.1 Å². The third-order valence-electron chi connectivity index (χ3n) is 8.41. The minimum atomic E-state index is -0.0940. The Morgan fingerprint density at radius 2 is 1.85 bits per heavy atom. The molecule has 1 aliphatic carbocycles. The van der Waals surface area contributed by atoms with Gasteiger partial charge in [0.05, 0.1) is 36.1 Å². The van der Waals surface area contributed by atoms with E-state index in [-0.39, 0.29) is 23.9 Å². The van der Waals surface area contributed by atoms with E-state index in [1.807, 2.05) is 35.9 Å². The largest absolute Gasteiger partial charge is 0.381 e. The zero-order valence-electron chi connectivity index (χ0n) is 23.0. The molecule has 10 nitrogen and oxygen atoms in total. The Labute approximate surface area is 227 Å². The van der Waals surface area contributed by atoms with Crippen LogP contribution in [0.4, 0.5) is 0 Å². The topological polar surface area (TPSA) is 96.5 Å². The van der Waals surface area contributed by atoms with Gasteiger partial charge in [0.15, 0.2) is 5.65 Å². The first-order valence-electron chi connectivity index (χ1n) is 13.7. The number of aryl methyl sites for hydroxylation is 1. The van der Waals surface area contributed by atoms with Crippen molar-refractivity contribution in [3.05, 3.63) is 52.7 Å². The van der Waals surface area contributed by atoms with Crippen LogP contribution < -0.4 is 5.69 Å². The predicted octanol–water partition coefficient (Wildman–Crippen LogP) is 3.49. The fourth-order valence-electron chi connectivity index (χ4n) is 5.81. The summed E-state index contributed by atoms with van der Waals surface area (Å²) < 4.78 is 20.5. The molecule has 4 aromatic rings. The predicted molar refractivity (Wildman–Crippen MR) is 149 cm³/mol. The van der Waals surface area contributed by atoms with Crippen LogP contribution in [-0.2, 0) is 21.3 Å². The van der Waals surface area contributed by atoms with Crippen molar-refractivity contribution >= 4 is 22.1 Å². The Bertz CT molecular complexity index is 1530. The minimum absolute atomic E-state index is 0.0694. The van der Waals surface area contributed by atoms with Gasteiger partial charge in [0.1, 0.15) is 5.52 Å². The summed E-state index contributed by atoms with van der Waals surface area (Å²) in [5.74, 6) is 0. The molecule has 0 N–H and O–H groups in total. The highest BCUT2D eigenvalue weighted by molar-refractivity contribution is 6.02. The summed E-state index contributed by atoms with van der Waals surface area (Å²) in [6, 6.07) is 10.3. The number of fused-ring (bicyclic) bond motifs is 3. The Balaban J connectivity index is 1.22. The van der Waals surface area contributed by atoms with Crippen molar-refractivity contribution < 1.29 is 14.2 Å². The normalized spacial score (nSPS) is 22.5. The van der Waals surface area contributed by atoms with Crippen LogP contribution in [0.1, 0.15) is 44.0 Å². The van der Waals surface area contributed by atoms with Gasteiger partial charge >= 0.3 is 5.69 Å². The maximum absolute atomic E-state index is 13.2. The van der Waals surface area contributed by atoms with E-state index in [0.717, 1.165) is 72.1 Å². The van der Waals surface area contributed by atoms with Gasteiger partial charge in [-0.1, -0.05) is 12.1 Å². The quantitative estimate of drug-likeness (QED) is 0.323. The number of imidazole rings is 1. The van der Waals surface area contributed by atoms with E-state index in [4.69, 9.17) is 19.2 Å². The lowest BCUT2D eigenvalue weighted by Gasteiger charge is -2.34. The van der Waals surface area contributed by atoms with E-state index in [9.17, 15) is 4.79 Å². The molecule has 0 unspecified atom stereocenters. The molecule has 1 aromatic carbocycles. The van der Waals surface area contributed by atoms with Gasteiger partial charge in [0.25, 0.3) is 0 Å². The molecule has 2 fully saturated rings. The van der Waals surface area contributed by atoms with Crippen LogP contribution >= 0.6 is 0 Å². The van der Waals surface area contributed by atoms with Gasteiger partial charge < -0.3 is 14.2 Å². The van der Waals surface area contributed by atoms with Crippen LogP contribution in [0.2, 0.25) is 0 Å². The number of likely N-dealkylation sites (tertiary alicyclic amines) is 1. The Morgan fingerprint density at radius 1 is 1.05 bits per heavy atom. The summed E-state index contributed by atoms with van der Waals surface area (Å²) in [7, 11) is 5.25. The van der Waals surface area contributed by atoms with E-state index in [1.165, 1.54) is 0 Å². The first-order chi connectivity index (χ1) is 19.0. The molecule has 3 aromatic heterocycles. The number of aromatic nitrogens is 5. The summed E-state index contributed by atoms with van der Waals surface area (Å²) in [4.78, 5) is 20.3. The van der Waals surface area contributed by atoms with Crippen molar-refractivity contribution in [1.82, 2.24) is 29.2 Å². The molecule has 6 rings (SSSR count). The third kappa shape index (κ3) is 4.86. The van der Waals surface area contributed by atoms with Crippen LogP contribution in [0.25, 0.3) is 33.2 Å². The second-order valence-electron chi connectivity index (χ2n) is 10.7. The Morgan fingerprint density at radius 3 is 2.56 bits per heavy atom.